The number of unbranched alkanes of at least 4 members (excludes halogenated alkanes) is 1. The molecule has 0 amide bonds. The number of likely N-dealkylation sites (N-methyl/N-ethyl adjacent to an activating group) is 13. The van der Waals surface area contributed by atoms with Crippen LogP contribution in [-0.4, -0.2) is 519 Å². The Bertz CT molecular complexity index is 2670. The van der Waals surface area contributed by atoms with Crippen molar-refractivity contribution >= 4 is 17.8 Å². The summed E-state index contributed by atoms with van der Waals surface area (Å²) in [5.74, 6) is 6.13. The number of nitrogens with one attached hydrogen (secondary N) is 9. The number of piperazine rings is 4. The van der Waals surface area contributed by atoms with Crippen molar-refractivity contribution in [3.63, 3.8) is 0 Å². The van der Waals surface area contributed by atoms with Crippen LogP contribution >= 0.6 is 0 Å². The van der Waals surface area contributed by atoms with Crippen molar-refractivity contribution in [1.82, 2.24) is 121 Å². The Hall–Kier alpha value is -2.54. The van der Waals surface area contributed by atoms with Crippen molar-refractivity contribution in [1.29, 1.82) is 0 Å². The lowest BCUT2D eigenvalue weighted by Gasteiger charge is -2.47. The summed E-state index contributed by atoms with van der Waals surface area (Å²) in [7, 11) is 39.2. The van der Waals surface area contributed by atoms with Gasteiger partial charge in [0.2, 0.25) is 0 Å². The molecule has 10 N–H and O–H groups in total. The number of anilines is 2. The number of nitrogens with zero attached hydrogens (tertiary/aromatic N) is 17. The number of hydrogen-bond donors (Lipinski definition) is 10. The molecule has 18 fully saturated rings. The molecule has 1 aromatic rings. The molecule has 0 spiro atoms. The van der Waals surface area contributed by atoms with Crippen LogP contribution in [-0.2, 0) is 4.79 Å². The van der Waals surface area contributed by atoms with Crippen LogP contribution in [0.2, 0.25) is 0 Å². The van der Waals surface area contributed by atoms with Crippen molar-refractivity contribution in [2.45, 2.75) is 211 Å². The summed E-state index contributed by atoms with van der Waals surface area (Å²) >= 11 is 0. The van der Waals surface area contributed by atoms with Gasteiger partial charge < -0.3 is 117 Å². The SMILES string of the molecule is CC(C)N1CC2CN(C)CC21.CC(C)N1CCC(N(C)C)C1.CC=O.CCC1CN(C)C1.CCCCN1CCC1.CN1CC2CCC2C1.CN1CC2CN(C)C2C1.CN1CCC(N(C)C)C1.CNC1CCN(C)C1.CNCC1CCCCN1.CNCC1CCN1.CNCC1CN2CCN1CC2.CNC[C@@H]1CCCN1.CNc1ccc(N2CCN(C)CC2)cn1.CO. The molecule has 28 nitrogen and oxygen atoms in total. The molecule has 17 aliphatic heterocycles. The zero-order valence-corrected chi connectivity index (χ0v) is 86.9. The number of carbonyl (C=O) groups excluding carboxylic acids is 1. The van der Waals surface area contributed by atoms with Crippen molar-refractivity contribution in [2.24, 2.45) is 29.6 Å². The molecule has 13 atom stereocenters. The summed E-state index contributed by atoms with van der Waals surface area (Å²) in [5, 5.41) is 36.1. The van der Waals surface area contributed by atoms with Gasteiger partial charge in [0.1, 0.15) is 12.1 Å². The van der Waals surface area contributed by atoms with Gasteiger partial charge in [0.25, 0.3) is 0 Å². The molecular formula is C98H208N26O2. The third-order valence-electron chi connectivity index (χ3n) is 29.1. The van der Waals surface area contributed by atoms with Gasteiger partial charge in [-0.1, -0.05) is 33.1 Å². The third kappa shape index (κ3) is 45.7. The molecule has 2 bridgehead atoms. The van der Waals surface area contributed by atoms with E-state index in [2.05, 4.69) is 263 Å². The number of aliphatic hydroxyl groups excluding tert-OH is 1. The van der Waals surface area contributed by atoms with E-state index in [1.807, 2.05) is 54.5 Å². The molecule has 742 valence electrons. The number of piperidine rings is 1. The summed E-state index contributed by atoms with van der Waals surface area (Å²) in [6.07, 6.45) is 23.4. The fourth-order valence-electron chi connectivity index (χ4n) is 20.1. The number of carbonyl (C=O) groups is 1. The summed E-state index contributed by atoms with van der Waals surface area (Å²) in [5.41, 5.74) is 1.22. The van der Waals surface area contributed by atoms with E-state index in [1.165, 1.54) is 286 Å². The topological polar surface area (TPSA) is 210 Å². The lowest BCUT2D eigenvalue weighted by molar-refractivity contribution is -0.106. The van der Waals surface area contributed by atoms with Crippen molar-refractivity contribution in [2.75, 3.05) is 373 Å². The fourth-order valence-corrected chi connectivity index (χ4v) is 20.1. The molecular weight excluding hydrogens is 1570 g/mol. The molecule has 1 aromatic heterocycles. The quantitative estimate of drug-likeness (QED) is 0.0838. The Kier molecular flexibility index (Phi) is 62.1. The highest BCUT2D eigenvalue weighted by Gasteiger charge is 2.45. The number of aldehydes is 1. The first-order chi connectivity index (χ1) is 60.6. The molecule has 18 aliphatic rings. The Balaban J connectivity index is 0.000000286. The number of aromatic nitrogens is 1. The van der Waals surface area contributed by atoms with E-state index in [0.29, 0.717) is 0 Å². The highest BCUT2D eigenvalue weighted by atomic mass is 16.2. The van der Waals surface area contributed by atoms with E-state index < -0.39 is 0 Å². The molecule has 28 heteroatoms. The number of likely N-dealkylation sites (tertiary alicyclic amines) is 10. The van der Waals surface area contributed by atoms with Crippen molar-refractivity contribution in [3.8, 4) is 0 Å². The number of hydrogen-bond acceptors (Lipinski definition) is 28. The van der Waals surface area contributed by atoms with Gasteiger partial charge in [0.15, 0.2) is 0 Å². The zero-order chi connectivity index (χ0) is 92.9. The molecule has 18 heterocycles. The highest BCUT2D eigenvalue weighted by molar-refractivity contribution is 5.49. The van der Waals surface area contributed by atoms with Crippen LogP contribution in [0.5, 0.6) is 0 Å². The second-order valence-electron chi connectivity index (χ2n) is 40.7. The van der Waals surface area contributed by atoms with E-state index in [1.54, 1.807) is 0 Å². The van der Waals surface area contributed by atoms with Crippen LogP contribution in [0.3, 0.4) is 0 Å². The van der Waals surface area contributed by atoms with E-state index in [0.717, 1.165) is 168 Å². The van der Waals surface area contributed by atoms with Crippen molar-refractivity contribution < 1.29 is 9.90 Å². The minimum atomic E-state index is 0.722. The summed E-state index contributed by atoms with van der Waals surface area (Å²) in [4.78, 5) is 52.3. The smallest absolute Gasteiger partial charge is 0.125 e. The average molecular weight is 1780 g/mol. The Morgan fingerprint density at radius 3 is 1.33 bits per heavy atom. The first-order valence-corrected chi connectivity index (χ1v) is 50.8. The third-order valence-corrected chi connectivity index (χ3v) is 29.1. The first-order valence-electron chi connectivity index (χ1n) is 50.8. The van der Waals surface area contributed by atoms with Gasteiger partial charge in [-0.3, -0.25) is 19.6 Å². The van der Waals surface area contributed by atoms with Gasteiger partial charge in [-0.2, -0.15) is 0 Å². The maximum atomic E-state index is 8.81. The molecule has 17 saturated heterocycles. The summed E-state index contributed by atoms with van der Waals surface area (Å²) < 4.78 is 0. The Morgan fingerprint density at radius 2 is 0.992 bits per heavy atom. The monoisotopic (exact) mass is 1780 g/mol. The predicted molar refractivity (Wildman–Crippen MR) is 542 cm³/mol. The minimum Gasteiger partial charge on any atom is -0.400 e. The standard InChI is InChI=1S/C11H18N4.C9H18N2.C9H20N2.C8H17N3.C7H14N2.2C7H16N2.C7H13N.C7H15N.2C6H14N2.C6H13N.C5H12N2.C2H4O.CH4O/c1-12-11-4-3-10(9-13-11)15-7-5-14(2)6-8-15;1-7(2)11-5-8-4-10(3)6-9(8)11;1-8(2)11-6-5-9(7-11)10(3)4;1-9-6-8-7-10-2-4-11(8)5-3-10;1-8-3-6-4-9(2)7(6)5-8;1-8(2)7-4-5-9(3)6-7;1-8-6-7-4-2-3-5-9-7;1-8-4-6-2-3-7(6)5-8;1-2-3-5-8-6-4-7-8;1-7-6-3-4-8(2)5-6;1-7-5-6-3-2-4-8-6;1-3-6-4-7(2)5-6;1-6-4-5-2-3-7-5;1-2-3;1-2/h3-4,9H,5-8H2,1-2H3,(H,12,13);7-9H,4-6H2,1-3H3;8-9H,5-7H2,1-4H3;8-9H,2-7H2,1H3;6-7H,3-5H2,1-2H3;7H,4-6H2,1-3H3;7-9H,2-6H2,1H3;6-7H,2-5H2,1H3;2-7H2,1H3;6-7H,3-5H2,1-2H3;6-8H,2-5H2,1H3;6H,3-5H2,1-2H3;5-7H,2-4H2,1H3;2H,1H3;2H,1H3/t;;;;;;;;;;6-;;;;/m..........0..../s1. The Labute approximate surface area is 777 Å². The average Bonchev–Trinajstić information content (AvgIpc) is 1.63. The second kappa shape index (κ2) is 67.6. The lowest BCUT2D eigenvalue weighted by Crippen LogP contribution is -2.63. The maximum Gasteiger partial charge on any atom is 0.125 e. The van der Waals surface area contributed by atoms with Crippen LogP contribution in [0.1, 0.15) is 145 Å². The van der Waals surface area contributed by atoms with Crippen LogP contribution in [0, 0.1) is 29.6 Å². The number of pyridine rings is 1. The van der Waals surface area contributed by atoms with E-state index >= 15 is 0 Å². The van der Waals surface area contributed by atoms with Crippen LogP contribution in [0.4, 0.5) is 11.5 Å². The molecule has 19 rings (SSSR count). The zero-order valence-electron chi connectivity index (χ0n) is 86.9. The van der Waals surface area contributed by atoms with Gasteiger partial charge in [0, 0.05) is 269 Å². The van der Waals surface area contributed by atoms with Crippen molar-refractivity contribution in [3.05, 3.63) is 18.3 Å². The maximum absolute atomic E-state index is 8.81. The van der Waals surface area contributed by atoms with Gasteiger partial charge in [-0.05, 0) is 314 Å². The Morgan fingerprint density at radius 1 is 0.476 bits per heavy atom. The second-order valence-corrected chi connectivity index (χ2v) is 40.7. The normalized spacial score (nSPS) is 30.3. The highest BCUT2D eigenvalue weighted by Crippen LogP contribution is 2.39. The molecule has 1 aliphatic carbocycles. The summed E-state index contributed by atoms with van der Waals surface area (Å²) in [6, 6.07) is 12.8. The number of fused-ring (bicyclic) bond motifs is 6. The van der Waals surface area contributed by atoms with E-state index in [-0.39, 0.29) is 0 Å². The van der Waals surface area contributed by atoms with Gasteiger partial charge in [-0.15, -0.1) is 0 Å². The molecule has 126 heavy (non-hydrogen) atoms. The summed E-state index contributed by atoms with van der Waals surface area (Å²) in [6.45, 7) is 59.1. The minimum absolute atomic E-state index is 0.722. The first kappa shape index (κ1) is 116. The largest absolute Gasteiger partial charge is 0.400 e. The van der Waals surface area contributed by atoms with Crippen LogP contribution < -0.4 is 52.8 Å². The van der Waals surface area contributed by atoms with E-state index in [9.17, 15) is 0 Å². The van der Waals surface area contributed by atoms with Gasteiger partial charge >= 0.3 is 0 Å². The van der Waals surface area contributed by atoms with Gasteiger partial charge in [-0.25, -0.2) is 4.98 Å². The number of rotatable bonds is 19. The van der Waals surface area contributed by atoms with Gasteiger partial charge in [0.05, 0.1) is 11.9 Å². The lowest BCUT2D eigenvalue weighted by atomic mass is 9.77. The number of aliphatic hydroxyl groups is 1. The van der Waals surface area contributed by atoms with E-state index in [4.69, 9.17) is 9.90 Å². The molecule has 0 aromatic carbocycles. The predicted octanol–water partition coefficient (Wildman–Crippen LogP) is 4.87. The molecule has 12 unspecified atom stereocenters. The molecule has 0 radical (unpaired) electrons. The molecule has 1 saturated carbocycles. The fraction of sp³-hybridized carbons (Fsp3) is 0.939. The van der Waals surface area contributed by atoms with Crippen LogP contribution in [0.25, 0.3) is 0 Å². The van der Waals surface area contributed by atoms with Crippen LogP contribution in [0.15, 0.2) is 18.3 Å².